The van der Waals surface area contributed by atoms with Crippen molar-refractivity contribution in [3.63, 3.8) is 0 Å². The third-order valence-corrected chi connectivity index (χ3v) is 5.77. The fraction of sp³-hybridized carbons (Fsp3) is 0.250. The molecule has 1 atom stereocenters. The van der Waals surface area contributed by atoms with Gasteiger partial charge in [0.2, 0.25) is 11.8 Å². The molecule has 0 saturated carbocycles. The Morgan fingerprint density at radius 3 is 2.77 bits per heavy atom. The lowest BCUT2D eigenvalue weighted by Crippen LogP contribution is -2.28. The standard InChI is InChI=1S/C20H19N3O2S/c1-12-7-8-15(9-13(12)2)23-11-14(10-18(23)24)19(25)22-20-21-16-5-3-4-6-17(16)26-20/h3-9,14H,10-11H2,1-2H3,(H,21,22,25)/t14-/m1/s1. The van der Waals surface area contributed by atoms with Crippen LogP contribution in [0.4, 0.5) is 10.8 Å². The van der Waals surface area contributed by atoms with Gasteiger partial charge in [0.15, 0.2) is 5.13 Å². The first-order chi connectivity index (χ1) is 12.5. The van der Waals surface area contributed by atoms with Crippen LogP contribution in [0.2, 0.25) is 0 Å². The molecule has 26 heavy (non-hydrogen) atoms. The van der Waals surface area contributed by atoms with Crippen molar-refractivity contribution in [2.24, 2.45) is 5.92 Å². The molecule has 0 unspecified atom stereocenters. The van der Waals surface area contributed by atoms with Gasteiger partial charge in [-0.2, -0.15) is 0 Å². The number of hydrogen-bond acceptors (Lipinski definition) is 4. The minimum atomic E-state index is -0.365. The largest absolute Gasteiger partial charge is 0.312 e. The van der Waals surface area contributed by atoms with Crippen molar-refractivity contribution in [3.8, 4) is 0 Å². The Kier molecular flexibility index (Phi) is 4.20. The summed E-state index contributed by atoms with van der Waals surface area (Å²) in [4.78, 5) is 31.2. The number of amides is 2. The number of anilines is 2. The Bertz CT molecular complexity index is 978. The molecule has 2 amide bonds. The smallest absolute Gasteiger partial charge is 0.231 e. The molecule has 0 spiro atoms. The van der Waals surface area contributed by atoms with Gasteiger partial charge in [0.25, 0.3) is 0 Å². The number of benzene rings is 2. The Balaban J connectivity index is 1.48. The number of nitrogens with one attached hydrogen (secondary N) is 1. The van der Waals surface area contributed by atoms with Gasteiger partial charge in [-0.1, -0.05) is 29.5 Å². The fourth-order valence-electron chi connectivity index (χ4n) is 3.16. The highest BCUT2D eigenvalue weighted by Crippen LogP contribution is 2.29. The van der Waals surface area contributed by atoms with E-state index in [1.807, 2.05) is 56.3 Å². The molecular formula is C20H19N3O2S. The highest BCUT2D eigenvalue weighted by Gasteiger charge is 2.35. The molecule has 1 fully saturated rings. The van der Waals surface area contributed by atoms with Gasteiger partial charge in [-0.15, -0.1) is 0 Å². The lowest BCUT2D eigenvalue weighted by Gasteiger charge is -2.17. The number of hydrogen-bond donors (Lipinski definition) is 1. The fourth-order valence-corrected chi connectivity index (χ4v) is 4.03. The molecule has 0 aliphatic carbocycles. The second kappa shape index (κ2) is 6.53. The van der Waals surface area contributed by atoms with Crippen LogP contribution in [0.3, 0.4) is 0 Å². The normalized spacial score (nSPS) is 17.1. The SMILES string of the molecule is Cc1ccc(N2C[C@H](C(=O)Nc3nc4ccccc4s3)CC2=O)cc1C. The molecule has 4 rings (SSSR count). The Hall–Kier alpha value is -2.73. The van der Waals surface area contributed by atoms with Crippen molar-refractivity contribution in [2.75, 3.05) is 16.8 Å². The van der Waals surface area contributed by atoms with Gasteiger partial charge in [0.05, 0.1) is 16.1 Å². The zero-order valence-corrected chi connectivity index (χ0v) is 15.5. The Morgan fingerprint density at radius 1 is 1.19 bits per heavy atom. The third-order valence-electron chi connectivity index (χ3n) is 4.82. The third kappa shape index (κ3) is 3.08. The molecule has 1 saturated heterocycles. The number of aromatic nitrogens is 1. The maximum absolute atomic E-state index is 12.6. The molecule has 1 N–H and O–H groups in total. The van der Waals surface area contributed by atoms with Gasteiger partial charge in [0, 0.05) is 18.7 Å². The summed E-state index contributed by atoms with van der Waals surface area (Å²) < 4.78 is 1.03. The van der Waals surface area contributed by atoms with Crippen molar-refractivity contribution in [3.05, 3.63) is 53.6 Å². The van der Waals surface area contributed by atoms with E-state index < -0.39 is 0 Å². The topological polar surface area (TPSA) is 62.3 Å². The van der Waals surface area contributed by atoms with Crippen LogP contribution in [-0.4, -0.2) is 23.3 Å². The van der Waals surface area contributed by atoms with E-state index in [4.69, 9.17) is 0 Å². The quantitative estimate of drug-likeness (QED) is 0.765. The first-order valence-electron chi connectivity index (χ1n) is 8.55. The molecule has 2 aromatic carbocycles. The zero-order chi connectivity index (χ0) is 18.3. The van der Waals surface area contributed by atoms with E-state index in [1.165, 1.54) is 16.9 Å². The van der Waals surface area contributed by atoms with E-state index >= 15 is 0 Å². The zero-order valence-electron chi connectivity index (χ0n) is 14.7. The maximum atomic E-state index is 12.6. The minimum absolute atomic E-state index is 0.0160. The van der Waals surface area contributed by atoms with Crippen molar-refractivity contribution in [1.82, 2.24) is 4.98 Å². The van der Waals surface area contributed by atoms with Crippen molar-refractivity contribution >= 4 is 44.2 Å². The van der Waals surface area contributed by atoms with E-state index in [2.05, 4.69) is 10.3 Å². The Labute approximate surface area is 155 Å². The predicted octanol–water partition coefficient (Wildman–Crippen LogP) is 3.90. The minimum Gasteiger partial charge on any atom is -0.312 e. The van der Waals surface area contributed by atoms with Crippen molar-refractivity contribution in [1.29, 1.82) is 0 Å². The highest BCUT2D eigenvalue weighted by atomic mass is 32.1. The highest BCUT2D eigenvalue weighted by molar-refractivity contribution is 7.22. The van der Waals surface area contributed by atoms with Crippen LogP contribution in [0.15, 0.2) is 42.5 Å². The Morgan fingerprint density at radius 2 is 2.00 bits per heavy atom. The predicted molar refractivity (Wildman–Crippen MR) is 105 cm³/mol. The molecule has 5 nitrogen and oxygen atoms in total. The summed E-state index contributed by atoms with van der Waals surface area (Å²) in [6.07, 6.45) is 0.226. The molecule has 6 heteroatoms. The molecule has 0 bridgehead atoms. The van der Waals surface area contributed by atoms with E-state index in [1.54, 1.807) is 4.90 Å². The summed E-state index contributed by atoms with van der Waals surface area (Å²) in [6.45, 7) is 4.47. The lowest BCUT2D eigenvalue weighted by atomic mass is 10.1. The first-order valence-corrected chi connectivity index (χ1v) is 9.37. The van der Waals surface area contributed by atoms with Gasteiger partial charge in [0.1, 0.15) is 0 Å². The number of thiazole rings is 1. The van der Waals surface area contributed by atoms with Crippen LogP contribution in [0.25, 0.3) is 10.2 Å². The van der Waals surface area contributed by atoms with E-state index in [0.717, 1.165) is 21.5 Å². The molecule has 1 aliphatic rings. The second-order valence-electron chi connectivity index (χ2n) is 6.65. The molecule has 2 heterocycles. The van der Waals surface area contributed by atoms with Gasteiger partial charge >= 0.3 is 0 Å². The molecule has 1 aromatic heterocycles. The van der Waals surface area contributed by atoms with Crippen LogP contribution in [-0.2, 0) is 9.59 Å². The lowest BCUT2D eigenvalue weighted by molar-refractivity contribution is -0.122. The summed E-state index contributed by atoms with van der Waals surface area (Å²) in [5.41, 5.74) is 4.05. The monoisotopic (exact) mass is 365 g/mol. The molecule has 132 valence electrons. The number of aryl methyl sites for hydroxylation is 2. The van der Waals surface area contributed by atoms with E-state index in [0.29, 0.717) is 11.7 Å². The first kappa shape index (κ1) is 16.7. The number of nitrogens with zero attached hydrogens (tertiary/aromatic N) is 2. The molecule has 0 radical (unpaired) electrons. The number of rotatable bonds is 3. The second-order valence-corrected chi connectivity index (χ2v) is 7.68. The van der Waals surface area contributed by atoms with Gasteiger partial charge in [-0.3, -0.25) is 9.59 Å². The van der Waals surface area contributed by atoms with Gasteiger partial charge in [-0.05, 0) is 49.2 Å². The average molecular weight is 365 g/mol. The van der Waals surface area contributed by atoms with Crippen LogP contribution < -0.4 is 10.2 Å². The molecule has 3 aromatic rings. The summed E-state index contributed by atoms with van der Waals surface area (Å²) in [6, 6.07) is 13.7. The molecular weight excluding hydrogens is 346 g/mol. The van der Waals surface area contributed by atoms with Crippen molar-refractivity contribution in [2.45, 2.75) is 20.3 Å². The van der Waals surface area contributed by atoms with Crippen LogP contribution in [0, 0.1) is 19.8 Å². The maximum Gasteiger partial charge on any atom is 0.231 e. The summed E-state index contributed by atoms with van der Waals surface area (Å²) in [5.74, 6) is -0.530. The number of carbonyl (C=O) groups excluding carboxylic acids is 2. The summed E-state index contributed by atoms with van der Waals surface area (Å²) >= 11 is 1.44. The molecule has 1 aliphatic heterocycles. The van der Waals surface area contributed by atoms with E-state index in [9.17, 15) is 9.59 Å². The van der Waals surface area contributed by atoms with Crippen LogP contribution in [0.5, 0.6) is 0 Å². The van der Waals surface area contributed by atoms with Crippen LogP contribution in [0.1, 0.15) is 17.5 Å². The van der Waals surface area contributed by atoms with Gasteiger partial charge in [-0.25, -0.2) is 4.98 Å². The number of fused-ring (bicyclic) bond motifs is 1. The van der Waals surface area contributed by atoms with Crippen LogP contribution >= 0.6 is 11.3 Å². The number of carbonyl (C=O) groups is 2. The average Bonchev–Trinajstić information content (AvgIpc) is 3.20. The summed E-state index contributed by atoms with van der Waals surface area (Å²) in [5, 5.41) is 3.45. The van der Waals surface area contributed by atoms with Crippen molar-refractivity contribution < 1.29 is 9.59 Å². The summed E-state index contributed by atoms with van der Waals surface area (Å²) in [7, 11) is 0. The van der Waals surface area contributed by atoms with Gasteiger partial charge < -0.3 is 10.2 Å². The van der Waals surface area contributed by atoms with E-state index in [-0.39, 0.29) is 24.2 Å². The number of para-hydroxylation sites is 1.